The molecule has 0 aliphatic heterocycles. The van der Waals surface area contributed by atoms with E-state index in [1.54, 1.807) is 6.92 Å². The summed E-state index contributed by atoms with van der Waals surface area (Å²) >= 11 is 0. The molecule has 0 atom stereocenters. The molecule has 2 N–H and O–H groups in total. The number of benzene rings is 1. The second-order valence-electron chi connectivity index (χ2n) is 4.06. The quantitative estimate of drug-likeness (QED) is 0.811. The van der Waals surface area contributed by atoms with E-state index >= 15 is 0 Å². The van der Waals surface area contributed by atoms with Crippen molar-refractivity contribution in [2.75, 3.05) is 13.2 Å². The summed E-state index contributed by atoms with van der Waals surface area (Å²) in [4.78, 5) is 0. The molecule has 16 heavy (non-hydrogen) atoms. The molecule has 0 aliphatic carbocycles. The Labute approximate surface area is 93.5 Å². The summed E-state index contributed by atoms with van der Waals surface area (Å²) in [5.74, 6) is -1.80. The molecule has 0 heterocycles. The highest BCUT2D eigenvalue weighted by Gasteiger charge is 2.28. The summed E-state index contributed by atoms with van der Waals surface area (Å²) < 4.78 is 26.4. The Balaban J connectivity index is 2.98. The second kappa shape index (κ2) is 5.37. The summed E-state index contributed by atoms with van der Waals surface area (Å²) in [6, 6.07) is 3.93. The molecule has 0 saturated heterocycles. The highest BCUT2D eigenvalue weighted by atomic mass is 19.2. The summed E-state index contributed by atoms with van der Waals surface area (Å²) in [5, 5.41) is 18.4. The third kappa shape index (κ3) is 2.57. The minimum Gasteiger partial charge on any atom is -0.396 e. The van der Waals surface area contributed by atoms with Crippen LogP contribution in [-0.4, -0.2) is 23.4 Å². The molecule has 0 amide bonds. The molecule has 0 radical (unpaired) electrons. The zero-order valence-corrected chi connectivity index (χ0v) is 9.21. The maximum Gasteiger partial charge on any atom is 0.162 e. The van der Waals surface area contributed by atoms with Gasteiger partial charge in [0.1, 0.15) is 0 Å². The molecule has 0 bridgehead atoms. The molecule has 0 fully saturated rings. The van der Waals surface area contributed by atoms with E-state index in [1.807, 2.05) is 0 Å². The average Bonchev–Trinajstić information content (AvgIpc) is 2.32. The fraction of sp³-hybridized carbons (Fsp3) is 0.500. The van der Waals surface area contributed by atoms with E-state index in [1.165, 1.54) is 12.1 Å². The van der Waals surface area contributed by atoms with Crippen molar-refractivity contribution in [3.05, 3.63) is 35.4 Å². The van der Waals surface area contributed by atoms with Gasteiger partial charge in [-0.2, -0.15) is 0 Å². The van der Waals surface area contributed by atoms with Crippen LogP contribution in [0.5, 0.6) is 0 Å². The molecule has 4 heteroatoms. The topological polar surface area (TPSA) is 40.5 Å². The SMILES string of the molecule is CCC(CO)(CO)Cc1cccc(F)c1F. The molecule has 0 aromatic heterocycles. The third-order valence-corrected chi connectivity index (χ3v) is 3.02. The Bertz CT molecular complexity index is 341. The van der Waals surface area contributed by atoms with Crippen LogP contribution in [0.4, 0.5) is 8.78 Å². The number of hydrogen-bond donors (Lipinski definition) is 2. The van der Waals surface area contributed by atoms with E-state index < -0.39 is 17.0 Å². The zero-order chi connectivity index (χ0) is 12.2. The first-order chi connectivity index (χ1) is 7.58. The smallest absolute Gasteiger partial charge is 0.162 e. The van der Waals surface area contributed by atoms with Gasteiger partial charge in [-0.05, 0) is 24.5 Å². The number of aliphatic hydroxyl groups excluding tert-OH is 2. The maximum atomic E-state index is 13.4. The molecule has 0 saturated carbocycles. The Kier molecular flexibility index (Phi) is 4.38. The van der Waals surface area contributed by atoms with Gasteiger partial charge in [0.05, 0.1) is 13.2 Å². The predicted molar refractivity (Wildman–Crippen MR) is 57.0 cm³/mol. The van der Waals surface area contributed by atoms with Gasteiger partial charge >= 0.3 is 0 Å². The lowest BCUT2D eigenvalue weighted by atomic mass is 9.80. The zero-order valence-electron chi connectivity index (χ0n) is 9.21. The third-order valence-electron chi connectivity index (χ3n) is 3.02. The monoisotopic (exact) mass is 230 g/mol. The van der Waals surface area contributed by atoms with Crippen LogP contribution in [-0.2, 0) is 6.42 Å². The van der Waals surface area contributed by atoms with Gasteiger partial charge in [0.15, 0.2) is 11.6 Å². The van der Waals surface area contributed by atoms with Crippen LogP contribution in [0.25, 0.3) is 0 Å². The number of halogens is 2. The standard InChI is InChI=1S/C12H16F2O2/c1-2-12(7-15,8-16)6-9-4-3-5-10(13)11(9)14/h3-5,15-16H,2,6-8H2,1H3. The van der Waals surface area contributed by atoms with Gasteiger partial charge in [-0.25, -0.2) is 8.78 Å². The fourth-order valence-corrected chi connectivity index (χ4v) is 1.60. The molecule has 2 nitrogen and oxygen atoms in total. The van der Waals surface area contributed by atoms with Crippen molar-refractivity contribution in [3.8, 4) is 0 Å². The van der Waals surface area contributed by atoms with Crippen LogP contribution in [0.1, 0.15) is 18.9 Å². The predicted octanol–water partition coefficient (Wildman–Crippen LogP) is 1.89. The lowest BCUT2D eigenvalue weighted by Gasteiger charge is -2.28. The van der Waals surface area contributed by atoms with Crippen molar-refractivity contribution < 1.29 is 19.0 Å². The van der Waals surface area contributed by atoms with E-state index in [0.29, 0.717) is 6.42 Å². The van der Waals surface area contributed by atoms with Gasteiger partial charge in [0.2, 0.25) is 0 Å². The van der Waals surface area contributed by atoms with Crippen molar-refractivity contribution in [2.45, 2.75) is 19.8 Å². The van der Waals surface area contributed by atoms with Crippen LogP contribution in [0.2, 0.25) is 0 Å². The summed E-state index contributed by atoms with van der Waals surface area (Å²) in [5.41, 5.74) is -0.598. The lowest BCUT2D eigenvalue weighted by Crippen LogP contribution is -2.32. The maximum absolute atomic E-state index is 13.4. The van der Waals surface area contributed by atoms with Crippen molar-refractivity contribution >= 4 is 0 Å². The van der Waals surface area contributed by atoms with Crippen LogP contribution in [0, 0.1) is 17.0 Å². The molecule has 90 valence electrons. The fourth-order valence-electron chi connectivity index (χ4n) is 1.60. The van der Waals surface area contributed by atoms with Gasteiger partial charge in [-0.3, -0.25) is 0 Å². The van der Waals surface area contributed by atoms with E-state index in [0.717, 1.165) is 6.07 Å². The molecule has 1 rings (SSSR count). The highest BCUT2D eigenvalue weighted by molar-refractivity contribution is 5.20. The van der Waals surface area contributed by atoms with Gasteiger partial charge in [-0.1, -0.05) is 19.1 Å². The normalized spacial score (nSPS) is 11.8. The van der Waals surface area contributed by atoms with E-state index in [2.05, 4.69) is 0 Å². The van der Waals surface area contributed by atoms with Crippen molar-refractivity contribution in [3.63, 3.8) is 0 Å². The van der Waals surface area contributed by atoms with E-state index in [4.69, 9.17) is 0 Å². The second-order valence-corrected chi connectivity index (χ2v) is 4.06. The minimum absolute atomic E-state index is 0.125. The Hall–Kier alpha value is -1.00. The Morgan fingerprint density at radius 2 is 1.81 bits per heavy atom. The van der Waals surface area contributed by atoms with Crippen molar-refractivity contribution in [1.29, 1.82) is 0 Å². The van der Waals surface area contributed by atoms with Crippen molar-refractivity contribution in [2.24, 2.45) is 5.41 Å². The summed E-state index contributed by atoms with van der Waals surface area (Å²) in [6.45, 7) is 1.29. The van der Waals surface area contributed by atoms with Gasteiger partial charge < -0.3 is 10.2 Å². The number of aliphatic hydroxyl groups is 2. The molecular weight excluding hydrogens is 214 g/mol. The molecule has 0 unspecified atom stereocenters. The first-order valence-electron chi connectivity index (χ1n) is 5.23. The molecule has 0 spiro atoms. The molecule has 0 aliphatic rings. The first kappa shape index (κ1) is 13.1. The average molecular weight is 230 g/mol. The highest BCUT2D eigenvalue weighted by Crippen LogP contribution is 2.27. The van der Waals surface area contributed by atoms with Crippen LogP contribution < -0.4 is 0 Å². The summed E-state index contributed by atoms with van der Waals surface area (Å²) in [7, 11) is 0. The van der Waals surface area contributed by atoms with Crippen molar-refractivity contribution in [1.82, 2.24) is 0 Å². The lowest BCUT2D eigenvalue weighted by molar-refractivity contribution is 0.0506. The summed E-state index contributed by atoms with van der Waals surface area (Å²) in [6.07, 6.45) is 0.621. The largest absolute Gasteiger partial charge is 0.396 e. The van der Waals surface area contributed by atoms with Gasteiger partial charge in [-0.15, -0.1) is 0 Å². The van der Waals surface area contributed by atoms with E-state index in [-0.39, 0.29) is 25.2 Å². The van der Waals surface area contributed by atoms with Gasteiger partial charge in [0.25, 0.3) is 0 Å². The first-order valence-corrected chi connectivity index (χ1v) is 5.23. The Morgan fingerprint density at radius 3 is 2.31 bits per heavy atom. The van der Waals surface area contributed by atoms with Crippen LogP contribution in [0.15, 0.2) is 18.2 Å². The van der Waals surface area contributed by atoms with Crippen LogP contribution >= 0.6 is 0 Å². The number of rotatable bonds is 5. The molecular formula is C12H16F2O2. The number of hydrogen-bond acceptors (Lipinski definition) is 2. The minimum atomic E-state index is -0.904. The van der Waals surface area contributed by atoms with E-state index in [9.17, 15) is 19.0 Å². The molecule has 1 aromatic rings. The Morgan fingerprint density at radius 1 is 1.19 bits per heavy atom. The molecule has 1 aromatic carbocycles. The van der Waals surface area contributed by atoms with Gasteiger partial charge in [0, 0.05) is 5.41 Å². The van der Waals surface area contributed by atoms with Crippen LogP contribution in [0.3, 0.4) is 0 Å².